The molecule has 2 heteroatoms. The van der Waals surface area contributed by atoms with E-state index >= 15 is 0 Å². The number of rotatable bonds is 3. The first-order valence-corrected chi connectivity index (χ1v) is 7.70. The summed E-state index contributed by atoms with van der Waals surface area (Å²) in [4.78, 5) is 0. The van der Waals surface area contributed by atoms with E-state index in [1.165, 1.54) is 19.3 Å². The fourth-order valence-corrected chi connectivity index (χ4v) is 3.67. The van der Waals surface area contributed by atoms with Crippen molar-refractivity contribution in [2.45, 2.75) is 59.5 Å². The van der Waals surface area contributed by atoms with Gasteiger partial charge in [0.1, 0.15) is 5.75 Å². The summed E-state index contributed by atoms with van der Waals surface area (Å²) in [5.74, 6) is 1.25. The Hall–Kier alpha value is -1.02. The lowest BCUT2D eigenvalue weighted by molar-refractivity contribution is 0.00348. The summed E-state index contributed by atoms with van der Waals surface area (Å²) in [5, 5.41) is 10.9. The number of hydrogen-bond acceptors (Lipinski definition) is 2. The van der Waals surface area contributed by atoms with E-state index in [1.807, 2.05) is 13.0 Å². The van der Waals surface area contributed by atoms with Gasteiger partial charge in [0.25, 0.3) is 0 Å². The minimum absolute atomic E-state index is 0.220. The van der Waals surface area contributed by atoms with Crippen LogP contribution < -0.4 is 4.74 Å². The summed E-state index contributed by atoms with van der Waals surface area (Å²) in [6.07, 6.45) is 4.49. The molecule has 0 heterocycles. The zero-order chi connectivity index (χ0) is 14.9. The Balaban J connectivity index is 2.33. The van der Waals surface area contributed by atoms with Crippen LogP contribution in [-0.4, -0.2) is 12.2 Å². The number of hydrogen-bond donors (Lipinski definition) is 1. The molecule has 1 aliphatic rings. The van der Waals surface area contributed by atoms with Crippen LogP contribution in [0.1, 0.15) is 62.3 Å². The van der Waals surface area contributed by atoms with Gasteiger partial charge in [-0.25, -0.2) is 0 Å². The highest BCUT2D eigenvalue weighted by molar-refractivity contribution is 5.42. The normalized spacial score (nSPS) is 23.4. The Morgan fingerprint density at radius 1 is 1.20 bits per heavy atom. The van der Waals surface area contributed by atoms with E-state index in [4.69, 9.17) is 4.74 Å². The number of aliphatic hydroxyl groups excluding tert-OH is 1. The fourth-order valence-electron chi connectivity index (χ4n) is 3.67. The molecule has 0 amide bonds. The predicted octanol–water partition coefficient (Wildman–Crippen LogP) is 4.56. The minimum atomic E-state index is -0.366. The van der Waals surface area contributed by atoms with Crippen molar-refractivity contribution in [1.29, 1.82) is 0 Å². The van der Waals surface area contributed by atoms with Crippen molar-refractivity contribution in [1.82, 2.24) is 0 Å². The van der Waals surface area contributed by atoms with E-state index in [0.29, 0.717) is 5.92 Å². The van der Waals surface area contributed by atoms with Gasteiger partial charge in [-0.05, 0) is 66.8 Å². The zero-order valence-electron chi connectivity index (χ0n) is 13.5. The van der Waals surface area contributed by atoms with E-state index in [0.717, 1.165) is 28.9 Å². The van der Waals surface area contributed by atoms with Crippen molar-refractivity contribution < 1.29 is 9.84 Å². The molecule has 0 saturated heterocycles. The summed E-state index contributed by atoms with van der Waals surface area (Å²) in [5.41, 5.74) is 3.52. The maximum atomic E-state index is 10.9. The van der Waals surface area contributed by atoms with Crippen LogP contribution >= 0.6 is 0 Å². The van der Waals surface area contributed by atoms with Crippen LogP contribution in [0.3, 0.4) is 0 Å². The molecule has 20 heavy (non-hydrogen) atoms. The first kappa shape index (κ1) is 15.4. The first-order chi connectivity index (χ1) is 9.36. The zero-order valence-corrected chi connectivity index (χ0v) is 13.5. The lowest BCUT2D eigenvalue weighted by Gasteiger charge is -2.42. The Morgan fingerprint density at radius 2 is 1.90 bits per heavy atom. The van der Waals surface area contributed by atoms with Gasteiger partial charge in [0.2, 0.25) is 0 Å². The van der Waals surface area contributed by atoms with Crippen LogP contribution in [-0.2, 0) is 0 Å². The van der Waals surface area contributed by atoms with Crippen molar-refractivity contribution in [3.63, 3.8) is 0 Å². The topological polar surface area (TPSA) is 29.5 Å². The highest BCUT2D eigenvalue weighted by atomic mass is 16.5. The Bertz CT molecular complexity index is 477. The van der Waals surface area contributed by atoms with Gasteiger partial charge >= 0.3 is 0 Å². The SMILES string of the molecule is COc1cc(C)c(C(O)C2CCCCC2(C)C)cc1C. The molecule has 1 N–H and O–H groups in total. The molecule has 2 rings (SSSR count). The van der Waals surface area contributed by atoms with Crippen LogP contribution in [0.4, 0.5) is 0 Å². The number of aliphatic hydroxyl groups is 1. The number of benzene rings is 1. The van der Waals surface area contributed by atoms with Gasteiger partial charge in [0.15, 0.2) is 0 Å². The van der Waals surface area contributed by atoms with Gasteiger partial charge in [-0.15, -0.1) is 0 Å². The molecule has 1 aromatic carbocycles. The molecule has 2 nitrogen and oxygen atoms in total. The quantitative estimate of drug-likeness (QED) is 0.876. The van der Waals surface area contributed by atoms with Gasteiger partial charge < -0.3 is 9.84 Å². The summed E-state index contributed by atoms with van der Waals surface area (Å²) in [6.45, 7) is 8.70. The number of ether oxygens (including phenoxy) is 1. The Kier molecular flexibility index (Phi) is 4.43. The number of aryl methyl sites for hydroxylation is 2. The lowest BCUT2D eigenvalue weighted by Crippen LogP contribution is -2.32. The van der Waals surface area contributed by atoms with Gasteiger partial charge in [0.05, 0.1) is 13.2 Å². The molecule has 1 fully saturated rings. The van der Waals surface area contributed by atoms with Crippen LogP contribution in [0, 0.1) is 25.2 Å². The van der Waals surface area contributed by atoms with Crippen molar-refractivity contribution in [3.05, 3.63) is 28.8 Å². The van der Waals surface area contributed by atoms with Gasteiger partial charge in [-0.3, -0.25) is 0 Å². The molecule has 0 aromatic heterocycles. The largest absolute Gasteiger partial charge is 0.496 e. The van der Waals surface area contributed by atoms with Crippen molar-refractivity contribution in [2.24, 2.45) is 11.3 Å². The molecule has 2 atom stereocenters. The molecule has 1 saturated carbocycles. The Labute approximate surface area is 123 Å². The second kappa shape index (κ2) is 5.77. The monoisotopic (exact) mass is 276 g/mol. The van der Waals surface area contributed by atoms with Crippen LogP contribution in [0.25, 0.3) is 0 Å². The van der Waals surface area contributed by atoms with Gasteiger partial charge in [-0.1, -0.05) is 26.7 Å². The molecule has 1 aromatic rings. The molecule has 2 unspecified atom stereocenters. The van der Waals surface area contributed by atoms with Gasteiger partial charge in [0, 0.05) is 0 Å². The summed E-state index contributed by atoms with van der Waals surface area (Å²) < 4.78 is 5.37. The average Bonchev–Trinajstić information content (AvgIpc) is 2.39. The predicted molar refractivity (Wildman–Crippen MR) is 83.2 cm³/mol. The second-order valence-electron chi connectivity index (χ2n) is 6.96. The first-order valence-electron chi connectivity index (χ1n) is 7.70. The van der Waals surface area contributed by atoms with E-state index < -0.39 is 0 Å². The highest BCUT2D eigenvalue weighted by Crippen LogP contribution is 2.47. The molecule has 0 bridgehead atoms. The van der Waals surface area contributed by atoms with Crippen molar-refractivity contribution in [3.8, 4) is 5.75 Å². The van der Waals surface area contributed by atoms with Crippen molar-refractivity contribution >= 4 is 0 Å². The Morgan fingerprint density at radius 3 is 2.50 bits per heavy atom. The smallest absolute Gasteiger partial charge is 0.122 e. The number of methoxy groups -OCH3 is 1. The molecule has 0 spiro atoms. The third-order valence-electron chi connectivity index (χ3n) is 5.07. The van der Waals surface area contributed by atoms with Crippen LogP contribution in [0.5, 0.6) is 5.75 Å². The third-order valence-corrected chi connectivity index (χ3v) is 5.07. The average molecular weight is 276 g/mol. The maximum absolute atomic E-state index is 10.9. The maximum Gasteiger partial charge on any atom is 0.122 e. The molecular weight excluding hydrogens is 248 g/mol. The van der Waals surface area contributed by atoms with E-state index in [1.54, 1.807) is 7.11 Å². The molecule has 0 radical (unpaired) electrons. The summed E-state index contributed by atoms with van der Waals surface area (Å²) in [6, 6.07) is 4.15. The van der Waals surface area contributed by atoms with Crippen LogP contribution in [0.15, 0.2) is 12.1 Å². The fraction of sp³-hybridized carbons (Fsp3) is 0.667. The van der Waals surface area contributed by atoms with Gasteiger partial charge in [-0.2, -0.15) is 0 Å². The lowest BCUT2D eigenvalue weighted by atomic mass is 9.65. The van der Waals surface area contributed by atoms with E-state index in [9.17, 15) is 5.11 Å². The molecule has 112 valence electrons. The molecule has 1 aliphatic carbocycles. The second-order valence-corrected chi connectivity index (χ2v) is 6.96. The minimum Gasteiger partial charge on any atom is -0.496 e. The van der Waals surface area contributed by atoms with E-state index in [2.05, 4.69) is 26.8 Å². The highest BCUT2D eigenvalue weighted by Gasteiger charge is 2.37. The van der Waals surface area contributed by atoms with Crippen molar-refractivity contribution in [2.75, 3.05) is 7.11 Å². The summed E-state index contributed by atoms with van der Waals surface area (Å²) in [7, 11) is 1.70. The molecular formula is C18H28O2. The van der Waals surface area contributed by atoms with E-state index in [-0.39, 0.29) is 11.5 Å². The standard InChI is InChI=1S/C18H28O2/c1-12-11-16(20-5)13(2)10-14(12)17(19)15-8-6-7-9-18(15,3)4/h10-11,15,17,19H,6-9H2,1-5H3. The third kappa shape index (κ3) is 2.85. The van der Waals surface area contributed by atoms with Crippen LogP contribution in [0.2, 0.25) is 0 Å². The molecule has 0 aliphatic heterocycles. The summed E-state index contributed by atoms with van der Waals surface area (Å²) >= 11 is 0.